The smallest absolute Gasteiger partial charge is 0.271 e. The molecule has 0 amide bonds. The van der Waals surface area contributed by atoms with Crippen molar-refractivity contribution in [1.82, 2.24) is 4.57 Å². The molecule has 2 aliphatic rings. The van der Waals surface area contributed by atoms with Crippen molar-refractivity contribution in [3.8, 4) is 17.2 Å². The molecule has 1 aromatic heterocycles. The van der Waals surface area contributed by atoms with Gasteiger partial charge >= 0.3 is 0 Å². The minimum Gasteiger partial charge on any atom is -0.504 e. The summed E-state index contributed by atoms with van der Waals surface area (Å²) in [5, 5.41) is 10.2. The van der Waals surface area contributed by atoms with Gasteiger partial charge in [-0.2, -0.15) is 0 Å². The van der Waals surface area contributed by atoms with E-state index in [-0.39, 0.29) is 17.4 Å². The number of fused-ring (bicyclic) bond motifs is 3. The molecule has 3 aromatic carbocycles. The quantitative estimate of drug-likeness (QED) is 0.463. The van der Waals surface area contributed by atoms with Crippen molar-refractivity contribution in [3.63, 3.8) is 0 Å². The lowest BCUT2D eigenvalue weighted by Gasteiger charge is -2.31. The second-order valence-electron chi connectivity index (χ2n) is 8.79. The Hall–Kier alpha value is -4.10. The largest absolute Gasteiger partial charge is 0.504 e. The Morgan fingerprint density at radius 2 is 1.78 bits per heavy atom. The lowest BCUT2D eigenvalue weighted by atomic mass is 9.83. The van der Waals surface area contributed by atoms with Gasteiger partial charge in [0.15, 0.2) is 16.3 Å². The van der Waals surface area contributed by atoms with Gasteiger partial charge in [0.25, 0.3) is 5.56 Å². The molecule has 36 heavy (non-hydrogen) atoms. The average molecular weight is 497 g/mol. The van der Waals surface area contributed by atoms with Crippen molar-refractivity contribution < 1.29 is 14.6 Å². The zero-order valence-electron chi connectivity index (χ0n) is 19.9. The van der Waals surface area contributed by atoms with Gasteiger partial charge in [-0.3, -0.25) is 9.36 Å². The van der Waals surface area contributed by atoms with E-state index in [2.05, 4.69) is 18.2 Å². The fourth-order valence-corrected chi connectivity index (χ4v) is 6.14. The summed E-state index contributed by atoms with van der Waals surface area (Å²) in [5.41, 5.74) is 6.00. The molecule has 6 rings (SSSR count). The van der Waals surface area contributed by atoms with Gasteiger partial charge in [-0.05, 0) is 53.8 Å². The molecule has 0 saturated carbocycles. The van der Waals surface area contributed by atoms with Crippen molar-refractivity contribution >= 4 is 23.1 Å². The number of phenolic OH excluding ortho intramolecular Hbond substituents is 1. The summed E-state index contributed by atoms with van der Waals surface area (Å²) in [7, 11) is 3.16. The molecule has 0 unspecified atom stereocenters. The number of hydrogen-bond acceptors (Lipinski definition) is 6. The van der Waals surface area contributed by atoms with Crippen molar-refractivity contribution in [2.45, 2.75) is 18.9 Å². The fraction of sp³-hybridized carbons (Fsp3) is 0.172. The Bertz CT molecular complexity index is 1710. The molecule has 7 heteroatoms. The maximum absolute atomic E-state index is 13.9. The van der Waals surface area contributed by atoms with E-state index >= 15 is 0 Å². The summed E-state index contributed by atoms with van der Waals surface area (Å²) in [4.78, 5) is 19.5. The Labute approximate surface area is 211 Å². The lowest BCUT2D eigenvalue weighted by Crippen LogP contribution is -2.38. The number of rotatable bonds is 4. The second kappa shape index (κ2) is 8.84. The zero-order valence-corrected chi connectivity index (χ0v) is 20.7. The summed E-state index contributed by atoms with van der Waals surface area (Å²) >= 11 is 1.36. The number of methoxy groups -OCH3 is 2. The van der Waals surface area contributed by atoms with Gasteiger partial charge in [0.1, 0.15) is 5.75 Å². The van der Waals surface area contributed by atoms with Gasteiger partial charge in [0.05, 0.1) is 30.5 Å². The first-order chi connectivity index (χ1) is 17.6. The summed E-state index contributed by atoms with van der Waals surface area (Å²) in [6.45, 7) is 0. The zero-order chi connectivity index (χ0) is 24.8. The minimum atomic E-state index is -0.313. The molecule has 2 heterocycles. The maximum Gasteiger partial charge on any atom is 0.271 e. The summed E-state index contributed by atoms with van der Waals surface area (Å²) in [6, 6.07) is 21.0. The number of phenols is 1. The molecule has 1 atom stereocenters. The molecular formula is C29H24N2O4S. The highest BCUT2D eigenvalue weighted by atomic mass is 32.1. The first kappa shape index (κ1) is 22.4. The number of hydrogen-bond donors (Lipinski definition) is 1. The van der Waals surface area contributed by atoms with Crippen LogP contribution in [0.4, 0.5) is 0 Å². The van der Waals surface area contributed by atoms with Crippen molar-refractivity contribution in [3.05, 3.63) is 114 Å². The molecule has 0 spiro atoms. The maximum atomic E-state index is 13.9. The van der Waals surface area contributed by atoms with Crippen LogP contribution in [0.3, 0.4) is 0 Å². The molecule has 1 aliphatic carbocycles. The second-order valence-corrected chi connectivity index (χ2v) is 9.80. The van der Waals surface area contributed by atoms with Crippen LogP contribution >= 0.6 is 11.3 Å². The third-order valence-corrected chi connectivity index (χ3v) is 7.79. The number of para-hydroxylation sites is 1. The Balaban J connectivity index is 1.62. The number of aromatic hydroxyl groups is 1. The van der Waals surface area contributed by atoms with Gasteiger partial charge < -0.3 is 14.6 Å². The van der Waals surface area contributed by atoms with Crippen LogP contribution in [0.25, 0.3) is 11.8 Å². The average Bonchev–Trinajstić information content (AvgIpc) is 3.21. The SMILES string of the molecule is COc1ccc(/C=c2/sc3n(c2=O)[C@H](c2ccccc2OC)C2=C(N=3)c3ccccc3CC2)cc1O. The topological polar surface area (TPSA) is 73.0 Å². The fourth-order valence-electron chi connectivity index (χ4n) is 5.14. The molecule has 0 saturated heterocycles. The molecule has 180 valence electrons. The highest BCUT2D eigenvalue weighted by Crippen LogP contribution is 2.43. The molecule has 0 radical (unpaired) electrons. The highest BCUT2D eigenvalue weighted by molar-refractivity contribution is 7.07. The van der Waals surface area contributed by atoms with Crippen LogP contribution in [0.2, 0.25) is 0 Å². The summed E-state index contributed by atoms with van der Waals surface area (Å²) in [5.74, 6) is 1.15. The summed E-state index contributed by atoms with van der Waals surface area (Å²) in [6.07, 6.45) is 3.50. The lowest BCUT2D eigenvalue weighted by molar-refractivity contribution is 0.373. The van der Waals surface area contributed by atoms with Crippen LogP contribution in [-0.4, -0.2) is 23.9 Å². The van der Waals surface area contributed by atoms with Crippen LogP contribution in [0.5, 0.6) is 17.2 Å². The first-order valence-electron chi connectivity index (χ1n) is 11.7. The molecule has 4 aromatic rings. The predicted octanol–water partition coefficient (Wildman–Crippen LogP) is 4.04. The number of allylic oxidation sites excluding steroid dienone is 1. The van der Waals surface area contributed by atoms with E-state index in [0.717, 1.165) is 41.0 Å². The number of aryl methyl sites for hydroxylation is 1. The number of thiazole rings is 1. The highest BCUT2D eigenvalue weighted by Gasteiger charge is 2.33. The van der Waals surface area contributed by atoms with Crippen LogP contribution in [0, 0.1) is 0 Å². The molecule has 1 aliphatic heterocycles. The van der Waals surface area contributed by atoms with Crippen LogP contribution in [-0.2, 0) is 6.42 Å². The first-order valence-corrected chi connectivity index (χ1v) is 12.5. The van der Waals surface area contributed by atoms with Gasteiger partial charge in [-0.25, -0.2) is 4.99 Å². The summed E-state index contributed by atoms with van der Waals surface area (Å²) < 4.78 is 13.2. The van der Waals surface area contributed by atoms with Gasteiger partial charge in [0.2, 0.25) is 0 Å². The number of benzene rings is 3. The third kappa shape index (κ3) is 3.55. The molecule has 1 N–H and O–H groups in total. The molecule has 0 fully saturated rings. The number of ether oxygens (including phenoxy) is 2. The van der Waals surface area contributed by atoms with Crippen molar-refractivity contribution in [2.75, 3.05) is 14.2 Å². The molecule has 0 bridgehead atoms. The van der Waals surface area contributed by atoms with Crippen LogP contribution < -0.4 is 24.4 Å². The Kier molecular flexibility index (Phi) is 5.49. The number of aromatic nitrogens is 1. The Morgan fingerprint density at radius 3 is 2.58 bits per heavy atom. The van der Waals surface area contributed by atoms with E-state index in [0.29, 0.717) is 20.6 Å². The van der Waals surface area contributed by atoms with Gasteiger partial charge in [-0.1, -0.05) is 59.9 Å². The van der Waals surface area contributed by atoms with Crippen molar-refractivity contribution in [2.24, 2.45) is 4.99 Å². The molecular weight excluding hydrogens is 472 g/mol. The van der Waals surface area contributed by atoms with Gasteiger partial charge in [-0.15, -0.1) is 0 Å². The molecule has 6 nitrogen and oxygen atoms in total. The van der Waals surface area contributed by atoms with Crippen molar-refractivity contribution in [1.29, 1.82) is 0 Å². The monoisotopic (exact) mass is 496 g/mol. The minimum absolute atomic E-state index is 0.0259. The van der Waals surface area contributed by atoms with Gasteiger partial charge in [0, 0.05) is 11.1 Å². The third-order valence-electron chi connectivity index (χ3n) is 6.81. The van der Waals surface area contributed by atoms with E-state index < -0.39 is 0 Å². The van der Waals surface area contributed by atoms with Crippen LogP contribution in [0.1, 0.15) is 34.7 Å². The van der Waals surface area contributed by atoms with E-state index in [4.69, 9.17) is 14.5 Å². The van der Waals surface area contributed by atoms with E-state index in [9.17, 15) is 9.90 Å². The Morgan fingerprint density at radius 1 is 1.00 bits per heavy atom. The predicted molar refractivity (Wildman–Crippen MR) is 140 cm³/mol. The standard InChI is InChI=1S/C29H24N2O4S/c1-34-23-10-6-5-9-20(23)27-21-13-12-18-7-3-4-8-19(18)26(21)30-29-31(27)28(33)25(36-29)16-17-11-14-24(35-2)22(32)15-17/h3-11,14-16,27,32H,12-13H2,1-2H3/b25-16+/t27-/m1/s1. The van der Waals surface area contributed by atoms with Crippen LogP contribution in [0.15, 0.2) is 82.1 Å². The van der Waals surface area contributed by atoms with E-state index in [1.165, 1.54) is 24.0 Å². The normalized spacial score (nSPS) is 16.6. The van der Waals surface area contributed by atoms with E-state index in [1.54, 1.807) is 29.9 Å². The number of nitrogens with zero attached hydrogens (tertiary/aromatic N) is 2. The van der Waals surface area contributed by atoms with E-state index in [1.807, 2.05) is 36.4 Å².